The van der Waals surface area contributed by atoms with Crippen LogP contribution in [0.25, 0.3) is 0 Å². The van der Waals surface area contributed by atoms with Crippen LogP contribution in [-0.4, -0.2) is 37.7 Å². The summed E-state index contributed by atoms with van der Waals surface area (Å²) in [6.45, 7) is 5.28. The zero-order valence-electron chi connectivity index (χ0n) is 18.1. The van der Waals surface area contributed by atoms with E-state index in [2.05, 4.69) is 12.2 Å². The molecule has 2 unspecified atom stereocenters. The van der Waals surface area contributed by atoms with Gasteiger partial charge in [0.2, 0.25) is 5.91 Å². The molecule has 2 saturated carbocycles. The van der Waals surface area contributed by atoms with E-state index in [0.29, 0.717) is 37.8 Å². The van der Waals surface area contributed by atoms with E-state index in [0.717, 1.165) is 5.56 Å². The number of anilines is 1. The van der Waals surface area contributed by atoms with Gasteiger partial charge in [0.25, 0.3) is 0 Å². The van der Waals surface area contributed by atoms with Gasteiger partial charge >= 0.3 is 5.97 Å². The predicted molar refractivity (Wildman–Crippen MR) is 115 cm³/mol. The van der Waals surface area contributed by atoms with Crippen LogP contribution in [0.2, 0.25) is 0 Å². The molecule has 164 valence electrons. The van der Waals surface area contributed by atoms with E-state index in [9.17, 15) is 9.59 Å². The van der Waals surface area contributed by atoms with Gasteiger partial charge in [0, 0.05) is 12.3 Å². The first-order chi connectivity index (χ1) is 14.4. The number of amides is 1. The Hall–Kier alpha value is -1.92. The van der Waals surface area contributed by atoms with Crippen molar-refractivity contribution >= 4 is 17.6 Å². The number of benzene rings is 1. The summed E-state index contributed by atoms with van der Waals surface area (Å²) in [5, 5.41) is 3.00. The second kappa shape index (κ2) is 8.31. The van der Waals surface area contributed by atoms with Crippen molar-refractivity contribution in [1.29, 1.82) is 0 Å². The van der Waals surface area contributed by atoms with Crippen LogP contribution >= 0.6 is 0 Å². The standard InChI is InChI=1S/C24H34N2O4/c1-3-30-22(28)24(13-14-29-15-24)17-7-9-18(10-8-17)26-21(27)20(25)19(16-5-4-6-16)23(2)11-12-23/h7-10,16,19-20H,3-6,11-15,25H2,1-2H3,(H,26,27)/t19?,20-,24?/m0/s1. The molecule has 6 nitrogen and oxygen atoms in total. The SMILES string of the molecule is CCOC(=O)C1(c2ccc(NC(=O)[C@@H](N)C(C3CCC3)C3(C)CC3)cc2)CCOC1. The van der Waals surface area contributed by atoms with E-state index in [-0.39, 0.29) is 23.2 Å². The molecular weight excluding hydrogens is 380 g/mol. The lowest BCUT2D eigenvalue weighted by Gasteiger charge is -2.40. The van der Waals surface area contributed by atoms with E-state index in [1.807, 2.05) is 31.2 Å². The second-order valence-corrected chi connectivity index (χ2v) is 9.57. The number of esters is 1. The van der Waals surface area contributed by atoms with Crippen molar-refractivity contribution in [3.05, 3.63) is 29.8 Å². The van der Waals surface area contributed by atoms with Gasteiger partial charge in [0.05, 0.1) is 19.3 Å². The molecule has 0 radical (unpaired) electrons. The van der Waals surface area contributed by atoms with Crippen molar-refractivity contribution in [3.63, 3.8) is 0 Å². The largest absolute Gasteiger partial charge is 0.465 e. The van der Waals surface area contributed by atoms with Crippen molar-refractivity contribution in [3.8, 4) is 0 Å². The molecule has 1 aromatic carbocycles. The molecule has 0 bridgehead atoms. The molecule has 30 heavy (non-hydrogen) atoms. The molecule has 1 aromatic rings. The van der Waals surface area contributed by atoms with Gasteiger partial charge < -0.3 is 20.5 Å². The van der Waals surface area contributed by atoms with Crippen LogP contribution in [0.4, 0.5) is 5.69 Å². The molecule has 1 saturated heterocycles. The molecule has 1 aliphatic heterocycles. The van der Waals surface area contributed by atoms with Gasteiger partial charge in [-0.15, -0.1) is 0 Å². The maximum atomic E-state index is 12.9. The molecule has 2 aliphatic carbocycles. The lowest BCUT2D eigenvalue weighted by atomic mass is 9.66. The van der Waals surface area contributed by atoms with Gasteiger partial charge in [0.1, 0.15) is 5.41 Å². The summed E-state index contributed by atoms with van der Waals surface area (Å²) >= 11 is 0. The highest BCUT2D eigenvalue weighted by molar-refractivity contribution is 5.95. The fraction of sp³-hybridized carbons (Fsp3) is 0.667. The van der Waals surface area contributed by atoms with Crippen LogP contribution in [0.3, 0.4) is 0 Å². The van der Waals surface area contributed by atoms with Gasteiger partial charge in [-0.05, 0) is 61.1 Å². The quantitative estimate of drug-likeness (QED) is 0.637. The number of carbonyl (C=O) groups is 2. The highest BCUT2D eigenvalue weighted by Gasteiger charge is 2.52. The van der Waals surface area contributed by atoms with Crippen LogP contribution in [0.5, 0.6) is 0 Å². The van der Waals surface area contributed by atoms with Crippen LogP contribution < -0.4 is 11.1 Å². The lowest BCUT2D eigenvalue weighted by Crippen LogP contribution is -2.49. The first kappa shape index (κ1) is 21.3. The average Bonchev–Trinajstić information content (AvgIpc) is 3.24. The zero-order chi connectivity index (χ0) is 21.4. The molecule has 1 amide bonds. The molecule has 0 aromatic heterocycles. The third-order valence-electron chi connectivity index (χ3n) is 7.58. The highest BCUT2D eigenvalue weighted by Crippen LogP contribution is 2.58. The Morgan fingerprint density at radius 3 is 2.43 bits per heavy atom. The van der Waals surface area contributed by atoms with Gasteiger partial charge in [-0.3, -0.25) is 9.59 Å². The molecule has 3 N–H and O–H groups in total. The van der Waals surface area contributed by atoms with E-state index in [4.69, 9.17) is 15.2 Å². The predicted octanol–water partition coefficient (Wildman–Crippen LogP) is 3.39. The molecule has 3 aliphatic rings. The Morgan fingerprint density at radius 1 is 1.23 bits per heavy atom. The summed E-state index contributed by atoms with van der Waals surface area (Å²) in [7, 11) is 0. The normalized spacial score (nSPS) is 27.0. The summed E-state index contributed by atoms with van der Waals surface area (Å²) in [6.07, 6.45) is 6.56. The third kappa shape index (κ3) is 3.87. The van der Waals surface area contributed by atoms with Gasteiger partial charge in [-0.25, -0.2) is 0 Å². The molecule has 3 fully saturated rings. The van der Waals surface area contributed by atoms with Gasteiger partial charge in [-0.2, -0.15) is 0 Å². The van der Waals surface area contributed by atoms with Crippen LogP contribution in [0.15, 0.2) is 24.3 Å². The fourth-order valence-corrected chi connectivity index (χ4v) is 5.23. The van der Waals surface area contributed by atoms with Crippen molar-refractivity contribution in [1.82, 2.24) is 0 Å². The molecule has 1 heterocycles. The van der Waals surface area contributed by atoms with Crippen molar-refractivity contribution in [2.75, 3.05) is 25.1 Å². The van der Waals surface area contributed by atoms with Crippen molar-refractivity contribution in [2.45, 2.75) is 63.8 Å². The molecule has 4 rings (SSSR count). The summed E-state index contributed by atoms with van der Waals surface area (Å²) < 4.78 is 10.8. The van der Waals surface area contributed by atoms with Crippen LogP contribution in [0.1, 0.15) is 57.9 Å². The summed E-state index contributed by atoms with van der Waals surface area (Å²) in [5.41, 5.74) is 7.50. The van der Waals surface area contributed by atoms with Crippen LogP contribution in [-0.2, 0) is 24.5 Å². The monoisotopic (exact) mass is 414 g/mol. The number of ether oxygens (including phenoxy) is 2. The smallest absolute Gasteiger partial charge is 0.319 e. The number of nitrogens with two attached hydrogens (primary N) is 1. The van der Waals surface area contributed by atoms with Crippen LogP contribution in [0, 0.1) is 17.3 Å². The Balaban J connectivity index is 1.45. The molecule has 6 heteroatoms. The molecule has 0 spiro atoms. The average molecular weight is 415 g/mol. The van der Waals surface area contributed by atoms with Crippen molar-refractivity contribution < 1.29 is 19.1 Å². The Kier molecular flexibility index (Phi) is 5.90. The summed E-state index contributed by atoms with van der Waals surface area (Å²) in [6, 6.07) is 6.97. The Labute approximate surface area is 178 Å². The highest BCUT2D eigenvalue weighted by atomic mass is 16.5. The minimum Gasteiger partial charge on any atom is -0.465 e. The number of carbonyl (C=O) groups excluding carboxylic acids is 2. The van der Waals surface area contributed by atoms with E-state index in [1.165, 1.54) is 32.1 Å². The van der Waals surface area contributed by atoms with E-state index < -0.39 is 11.5 Å². The first-order valence-electron chi connectivity index (χ1n) is 11.3. The minimum atomic E-state index is -0.759. The fourth-order valence-electron chi connectivity index (χ4n) is 5.23. The van der Waals surface area contributed by atoms with E-state index >= 15 is 0 Å². The number of hydrogen-bond donors (Lipinski definition) is 2. The van der Waals surface area contributed by atoms with Gasteiger partial charge in [0.15, 0.2) is 0 Å². The Morgan fingerprint density at radius 2 is 1.93 bits per heavy atom. The molecular formula is C24H34N2O4. The lowest BCUT2D eigenvalue weighted by molar-refractivity contribution is -0.150. The maximum Gasteiger partial charge on any atom is 0.319 e. The van der Waals surface area contributed by atoms with Gasteiger partial charge in [-0.1, -0.05) is 38.3 Å². The maximum absolute atomic E-state index is 12.9. The number of nitrogens with one attached hydrogen (secondary N) is 1. The first-order valence-corrected chi connectivity index (χ1v) is 11.3. The number of hydrogen-bond acceptors (Lipinski definition) is 5. The number of rotatable bonds is 8. The van der Waals surface area contributed by atoms with E-state index in [1.54, 1.807) is 0 Å². The van der Waals surface area contributed by atoms with Crippen molar-refractivity contribution in [2.24, 2.45) is 23.0 Å². The summed E-state index contributed by atoms with van der Waals surface area (Å²) in [4.78, 5) is 25.5. The third-order valence-corrected chi connectivity index (χ3v) is 7.58. The Bertz CT molecular complexity index is 777. The molecule has 3 atom stereocenters. The zero-order valence-corrected chi connectivity index (χ0v) is 18.1. The second-order valence-electron chi connectivity index (χ2n) is 9.57. The summed E-state index contributed by atoms with van der Waals surface area (Å²) in [5.74, 6) is 0.472. The topological polar surface area (TPSA) is 90.7 Å². The minimum absolute atomic E-state index is 0.114.